The van der Waals surface area contributed by atoms with Gasteiger partial charge in [-0.1, -0.05) is 0 Å². The number of hydrogen-bond acceptors (Lipinski definition) is 5. The van der Waals surface area contributed by atoms with Crippen molar-refractivity contribution in [1.29, 1.82) is 0 Å². The number of benzene rings is 1. The molecule has 1 aromatic heterocycles. The predicted molar refractivity (Wildman–Crippen MR) is 90.5 cm³/mol. The molecule has 0 spiro atoms. The van der Waals surface area contributed by atoms with Crippen LogP contribution in [-0.4, -0.2) is 47.0 Å². The summed E-state index contributed by atoms with van der Waals surface area (Å²) in [6.07, 6.45) is 5.12. The van der Waals surface area contributed by atoms with Crippen LogP contribution >= 0.6 is 0 Å². The number of hydrogen-bond donors (Lipinski definition) is 1. The smallest absolute Gasteiger partial charge is 0.276 e. The second-order valence-electron chi connectivity index (χ2n) is 5.17. The van der Waals surface area contributed by atoms with Gasteiger partial charge >= 0.3 is 0 Å². The number of pyridine rings is 1. The zero-order valence-electron chi connectivity index (χ0n) is 13.2. The second-order valence-corrected chi connectivity index (χ2v) is 5.17. The van der Waals surface area contributed by atoms with Gasteiger partial charge in [-0.25, -0.2) is 5.01 Å². The third-order valence-corrected chi connectivity index (χ3v) is 3.63. The van der Waals surface area contributed by atoms with Crippen molar-refractivity contribution in [3.05, 3.63) is 65.5 Å². The Morgan fingerprint density at radius 1 is 1.17 bits per heavy atom. The van der Waals surface area contributed by atoms with E-state index in [4.69, 9.17) is 9.84 Å². The highest BCUT2D eigenvalue weighted by Crippen LogP contribution is 2.24. The molecule has 122 valence electrons. The molecule has 6 nitrogen and oxygen atoms in total. The van der Waals surface area contributed by atoms with Gasteiger partial charge in [0.2, 0.25) is 0 Å². The first kappa shape index (κ1) is 15.9. The Bertz CT molecular complexity index is 783. The number of β-amino-alcohol motifs (C(OH)–C–C–N with tert-alkyl or cyclic N) is 1. The minimum Gasteiger partial charge on any atom is -0.497 e. The third kappa shape index (κ3) is 3.18. The Labute approximate surface area is 139 Å². The van der Waals surface area contributed by atoms with Gasteiger partial charge in [0.05, 0.1) is 25.8 Å². The van der Waals surface area contributed by atoms with Crippen molar-refractivity contribution in [2.75, 3.05) is 20.3 Å². The third-order valence-electron chi connectivity index (χ3n) is 3.63. The Morgan fingerprint density at radius 2 is 1.88 bits per heavy atom. The minimum atomic E-state index is -0.230. The molecule has 0 fully saturated rings. The summed E-state index contributed by atoms with van der Waals surface area (Å²) in [6, 6.07) is 11.0. The normalized spacial score (nSPS) is 15.8. The van der Waals surface area contributed by atoms with E-state index in [1.807, 2.05) is 36.4 Å². The highest BCUT2D eigenvalue weighted by molar-refractivity contribution is 6.33. The van der Waals surface area contributed by atoms with E-state index in [1.165, 1.54) is 5.01 Å². The number of nitrogens with zero attached hydrogens (tertiary/aromatic N) is 3. The maximum atomic E-state index is 12.6. The van der Waals surface area contributed by atoms with Crippen molar-refractivity contribution >= 4 is 17.7 Å². The molecule has 6 heteroatoms. The average molecular weight is 323 g/mol. The van der Waals surface area contributed by atoms with Crippen molar-refractivity contribution in [2.24, 2.45) is 5.10 Å². The van der Waals surface area contributed by atoms with Crippen LogP contribution in [0.2, 0.25) is 0 Å². The molecule has 24 heavy (non-hydrogen) atoms. The van der Waals surface area contributed by atoms with Crippen molar-refractivity contribution in [1.82, 2.24) is 9.99 Å². The van der Waals surface area contributed by atoms with Crippen LogP contribution in [0.3, 0.4) is 0 Å². The molecule has 0 radical (unpaired) electrons. The van der Waals surface area contributed by atoms with Crippen LogP contribution in [0, 0.1) is 0 Å². The van der Waals surface area contributed by atoms with E-state index in [9.17, 15) is 4.79 Å². The number of aromatic nitrogens is 1. The van der Waals surface area contributed by atoms with Crippen LogP contribution in [0.4, 0.5) is 0 Å². The van der Waals surface area contributed by atoms with Crippen LogP contribution in [-0.2, 0) is 4.79 Å². The summed E-state index contributed by atoms with van der Waals surface area (Å²) in [6.45, 7) is 0.0137. The first-order valence-corrected chi connectivity index (χ1v) is 7.51. The van der Waals surface area contributed by atoms with Crippen LogP contribution in [0.25, 0.3) is 6.08 Å². The lowest BCUT2D eigenvalue weighted by Crippen LogP contribution is -2.25. The molecular formula is C18H17N3O3. The Hall–Kier alpha value is -2.99. The van der Waals surface area contributed by atoms with Gasteiger partial charge in [0.25, 0.3) is 5.91 Å². The first-order valence-electron chi connectivity index (χ1n) is 7.51. The number of methoxy groups -OCH3 is 1. The maximum Gasteiger partial charge on any atom is 0.276 e. The van der Waals surface area contributed by atoms with Crippen molar-refractivity contribution in [3.8, 4) is 5.75 Å². The SMILES string of the molecule is COc1ccc(C2=NN(CCO)C(=O)/C2=C\c2ccncc2)cc1. The van der Waals surface area contributed by atoms with E-state index in [0.29, 0.717) is 11.3 Å². The van der Waals surface area contributed by atoms with Gasteiger partial charge in [-0.15, -0.1) is 0 Å². The number of carbonyl (C=O) groups excluding carboxylic acids is 1. The maximum absolute atomic E-state index is 12.6. The number of aliphatic hydroxyl groups excluding tert-OH is 1. The van der Waals surface area contributed by atoms with E-state index in [1.54, 1.807) is 25.6 Å². The van der Waals surface area contributed by atoms with Crippen LogP contribution in [0.5, 0.6) is 5.75 Å². The lowest BCUT2D eigenvalue weighted by molar-refractivity contribution is -0.126. The zero-order valence-corrected chi connectivity index (χ0v) is 13.2. The largest absolute Gasteiger partial charge is 0.497 e. The van der Waals surface area contributed by atoms with Gasteiger partial charge in [-0.05, 0) is 48.0 Å². The quantitative estimate of drug-likeness (QED) is 0.850. The molecule has 2 aromatic rings. The molecule has 3 rings (SSSR count). The van der Waals surface area contributed by atoms with Gasteiger partial charge < -0.3 is 9.84 Å². The molecule has 1 N–H and O–H groups in total. The van der Waals surface area contributed by atoms with Crippen molar-refractivity contribution < 1.29 is 14.6 Å². The summed E-state index contributed by atoms with van der Waals surface area (Å²) in [5, 5.41) is 14.8. The van der Waals surface area contributed by atoms with E-state index in [0.717, 1.165) is 16.9 Å². The lowest BCUT2D eigenvalue weighted by Gasteiger charge is -2.08. The molecule has 1 aromatic carbocycles. The number of carbonyl (C=O) groups is 1. The fourth-order valence-electron chi connectivity index (χ4n) is 2.43. The molecule has 1 amide bonds. The molecule has 0 saturated heterocycles. The Balaban J connectivity index is 2.02. The second kappa shape index (κ2) is 7.06. The molecule has 1 aliphatic heterocycles. The van der Waals surface area contributed by atoms with Crippen LogP contribution in [0.15, 0.2) is 59.5 Å². The summed E-state index contributed by atoms with van der Waals surface area (Å²) in [5.41, 5.74) is 2.73. The van der Waals surface area contributed by atoms with Gasteiger partial charge in [-0.3, -0.25) is 9.78 Å². The number of rotatable bonds is 5. The monoisotopic (exact) mass is 323 g/mol. The molecule has 0 bridgehead atoms. The van der Waals surface area contributed by atoms with Crippen molar-refractivity contribution in [3.63, 3.8) is 0 Å². The molecule has 2 heterocycles. The summed E-state index contributed by atoms with van der Waals surface area (Å²) < 4.78 is 5.16. The number of hydrazone groups is 1. The van der Waals surface area contributed by atoms with E-state index in [2.05, 4.69) is 10.1 Å². The highest BCUT2D eigenvalue weighted by atomic mass is 16.5. The zero-order chi connectivity index (χ0) is 16.9. The van der Waals surface area contributed by atoms with E-state index < -0.39 is 0 Å². The predicted octanol–water partition coefficient (Wildman–Crippen LogP) is 1.71. The Morgan fingerprint density at radius 3 is 2.50 bits per heavy atom. The highest BCUT2D eigenvalue weighted by Gasteiger charge is 2.30. The number of amides is 1. The molecule has 0 unspecified atom stereocenters. The minimum absolute atomic E-state index is 0.145. The van der Waals surface area contributed by atoms with Gasteiger partial charge in [0, 0.05) is 18.0 Å². The fourth-order valence-corrected chi connectivity index (χ4v) is 2.43. The van der Waals surface area contributed by atoms with Gasteiger partial charge in [0.1, 0.15) is 11.5 Å². The van der Waals surface area contributed by atoms with Crippen LogP contribution < -0.4 is 4.74 Å². The average Bonchev–Trinajstić information content (AvgIpc) is 2.93. The van der Waals surface area contributed by atoms with Gasteiger partial charge in [-0.2, -0.15) is 5.10 Å². The summed E-state index contributed by atoms with van der Waals surface area (Å²) >= 11 is 0. The van der Waals surface area contributed by atoms with Gasteiger partial charge in [0.15, 0.2) is 0 Å². The molecule has 0 atom stereocenters. The molecule has 0 saturated carbocycles. The summed E-state index contributed by atoms with van der Waals surface area (Å²) in [4.78, 5) is 16.6. The Kier molecular flexibility index (Phi) is 4.67. The standard InChI is InChI=1S/C18H17N3O3/c1-24-15-4-2-14(3-5-15)17-16(12-13-6-8-19-9-7-13)18(23)21(20-17)10-11-22/h2-9,12,22H,10-11H2,1H3/b16-12-. The lowest BCUT2D eigenvalue weighted by atomic mass is 10.0. The van der Waals surface area contributed by atoms with E-state index in [-0.39, 0.29) is 19.1 Å². The molecular weight excluding hydrogens is 306 g/mol. The molecule has 0 aliphatic carbocycles. The molecule has 1 aliphatic rings. The van der Waals surface area contributed by atoms with Crippen LogP contribution in [0.1, 0.15) is 11.1 Å². The fraction of sp³-hybridized carbons (Fsp3) is 0.167. The first-order chi connectivity index (χ1) is 11.7. The van der Waals surface area contributed by atoms with E-state index >= 15 is 0 Å². The summed E-state index contributed by atoms with van der Waals surface area (Å²) in [7, 11) is 1.60. The number of ether oxygens (including phenoxy) is 1. The topological polar surface area (TPSA) is 75.0 Å². The number of aliphatic hydroxyl groups is 1. The van der Waals surface area contributed by atoms with Crippen molar-refractivity contribution in [2.45, 2.75) is 0 Å². The summed E-state index contributed by atoms with van der Waals surface area (Å²) in [5.74, 6) is 0.502.